The maximum Gasteiger partial charge on any atom is 0.243 e. The van der Waals surface area contributed by atoms with Gasteiger partial charge in [0, 0.05) is 19.7 Å². The fourth-order valence-electron chi connectivity index (χ4n) is 2.14. The van der Waals surface area contributed by atoms with E-state index in [2.05, 4.69) is 4.72 Å². The van der Waals surface area contributed by atoms with Crippen LogP contribution >= 0.6 is 0 Å². The van der Waals surface area contributed by atoms with Gasteiger partial charge in [-0.1, -0.05) is 6.07 Å². The van der Waals surface area contributed by atoms with Crippen LogP contribution in [0.15, 0.2) is 23.1 Å². The van der Waals surface area contributed by atoms with Crippen molar-refractivity contribution in [3.63, 3.8) is 0 Å². The van der Waals surface area contributed by atoms with Crippen molar-refractivity contribution in [2.24, 2.45) is 5.73 Å². The van der Waals surface area contributed by atoms with Crippen LogP contribution in [0.5, 0.6) is 0 Å². The summed E-state index contributed by atoms with van der Waals surface area (Å²) in [4.78, 5) is -0.356. The van der Waals surface area contributed by atoms with Crippen LogP contribution in [0.4, 0.5) is 4.39 Å². The van der Waals surface area contributed by atoms with Crippen LogP contribution in [0.3, 0.4) is 0 Å². The Balaban J connectivity index is 2.05. The average Bonchev–Trinajstić information content (AvgIpc) is 2.46. The molecule has 1 aliphatic heterocycles. The Labute approximate surface area is 118 Å². The summed E-state index contributed by atoms with van der Waals surface area (Å²) in [5.74, 6) is -0.787. The number of nitrogens with one attached hydrogen (secondary N) is 1. The minimum Gasteiger partial charge on any atom is -0.377 e. The molecule has 3 N–H and O–H groups in total. The molecule has 0 saturated carbocycles. The smallest absolute Gasteiger partial charge is 0.243 e. The first-order valence-corrected chi connectivity index (χ1v) is 8.11. The minimum absolute atomic E-state index is 0.134. The summed E-state index contributed by atoms with van der Waals surface area (Å²) >= 11 is 0. The molecule has 1 unspecified atom stereocenters. The highest BCUT2D eigenvalue weighted by atomic mass is 32.2. The first-order valence-electron chi connectivity index (χ1n) is 6.62. The summed E-state index contributed by atoms with van der Waals surface area (Å²) in [5, 5.41) is 0. The normalized spacial score (nSPS) is 20.0. The number of hydrogen-bond acceptors (Lipinski definition) is 4. The topological polar surface area (TPSA) is 81.4 Å². The van der Waals surface area contributed by atoms with Crippen LogP contribution in [0, 0.1) is 5.82 Å². The maximum atomic E-state index is 13.8. The molecular formula is C13H19FN2O3S. The third-order valence-electron chi connectivity index (χ3n) is 3.30. The van der Waals surface area contributed by atoms with Gasteiger partial charge in [-0.05, 0) is 37.0 Å². The van der Waals surface area contributed by atoms with Crippen molar-refractivity contribution in [1.29, 1.82) is 0 Å². The molecule has 0 aromatic heterocycles. The number of sulfonamides is 1. The molecule has 20 heavy (non-hydrogen) atoms. The van der Waals surface area contributed by atoms with E-state index in [4.69, 9.17) is 10.5 Å². The highest BCUT2D eigenvalue weighted by Gasteiger charge is 2.22. The lowest BCUT2D eigenvalue weighted by atomic mass is 10.1. The molecule has 0 spiro atoms. The van der Waals surface area contributed by atoms with Gasteiger partial charge in [-0.25, -0.2) is 17.5 Å². The molecule has 0 aliphatic carbocycles. The van der Waals surface area contributed by atoms with Gasteiger partial charge in [0.1, 0.15) is 10.7 Å². The van der Waals surface area contributed by atoms with E-state index in [0.717, 1.165) is 25.3 Å². The van der Waals surface area contributed by atoms with Gasteiger partial charge in [0.25, 0.3) is 0 Å². The van der Waals surface area contributed by atoms with Gasteiger partial charge >= 0.3 is 0 Å². The second-order valence-electron chi connectivity index (χ2n) is 4.81. The van der Waals surface area contributed by atoms with Gasteiger partial charge in [-0.2, -0.15) is 0 Å². The second-order valence-corrected chi connectivity index (χ2v) is 6.54. The number of ether oxygens (including phenoxy) is 1. The van der Waals surface area contributed by atoms with E-state index in [0.29, 0.717) is 12.2 Å². The predicted molar refractivity (Wildman–Crippen MR) is 73.1 cm³/mol. The summed E-state index contributed by atoms with van der Waals surface area (Å²) in [6.45, 7) is 0.979. The highest BCUT2D eigenvalue weighted by Crippen LogP contribution is 2.17. The Kier molecular flexibility index (Phi) is 5.09. The van der Waals surface area contributed by atoms with E-state index in [9.17, 15) is 12.8 Å². The van der Waals surface area contributed by atoms with Crippen LogP contribution in [-0.4, -0.2) is 27.7 Å². The summed E-state index contributed by atoms with van der Waals surface area (Å²) < 4.78 is 45.7. The average molecular weight is 302 g/mol. The molecule has 1 saturated heterocycles. The lowest BCUT2D eigenvalue weighted by molar-refractivity contribution is 0.0200. The zero-order chi connectivity index (χ0) is 14.6. The van der Waals surface area contributed by atoms with Crippen molar-refractivity contribution < 1.29 is 17.5 Å². The fourth-order valence-corrected chi connectivity index (χ4v) is 3.26. The first-order chi connectivity index (χ1) is 9.53. The molecule has 1 heterocycles. The van der Waals surface area contributed by atoms with Gasteiger partial charge in [0.2, 0.25) is 10.0 Å². The molecular weight excluding hydrogens is 283 g/mol. The van der Waals surface area contributed by atoms with Crippen LogP contribution in [0.1, 0.15) is 24.8 Å². The summed E-state index contributed by atoms with van der Waals surface area (Å²) in [7, 11) is -3.86. The Morgan fingerprint density at radius 2 is 2.20 bits per heavy atom. The second kappa shape index (κ2) is 6.62. The minimum atomic E-state index is -3.86. The quantitative estimate of drug-likeness (QED) is 0.854. The third-order valence-corrected chi connectivity index (χ3v) is 4.75. The largest absolute Gasteiger partial charge is 0.377 e. The molecule has 1 fully saturated rings. The van der Waals surface area contributed by atoms with Gasteiger partial charge in [0.05, 0.1) is 6.10 Å². The predicted octanol–water partition coefficient (Wildman–Crippen LogP) is 1.13. The van der Waals surface area contributed by atoms with E-state index in [1.54, 1.807) is 0 Å². The van der Waals surface area contributed by atoms with Crippen LogP contribution in [0.25, 0.3) is 0 Å². The third kappa shape index (κ3) is 3.76. The first kappa shape index (κ1) is 15.4. The van der Waals surface area contributed by atoms with E-state index in [-0.39, 0.29) is 24.1 Å². The van der Waals surface area contributed by atoms with Gasteiger partial charge in [-0.15, -0.1) is 0 Å². The monoisotopic (exact) mass is 302 g/mol. The molecule has 1 aromatic carbocycles. The molecule has 7 heteroatoms. The van der Waals surface area contributed by atoms with Crippen LogP contribution < -0.4 is 10.5 Å². The Morgan fingerprint density at radius 3 is 2.80 bits per heavy atom. The van der Waals surface area contributed by atoms with Crippen molar-refractivity contribution in [2.75, 3.05) is 13.2 Å². The summed E-state index contributed by atoms with van der Waals surface area (Å²) in [6, 6.07) is 3.89. The SMILES string of the molecule is NCc1ccc(S(=O)(=O)NCC2CCCCO2)c(F)c1. The summed E-state index contributed by atoms with van der Waals surface area (Å²) in [6.07, 6.45) is 2.70. The maximum absolute atomic E-state index is 13.8. The van der Waals surface area contributed by atoms with Crippen LogP contribution in [-0.2, 0) is 21.3 Å². The lowest BCUT2D eigenvalue weighted by Gasteiger charge is -2.22. The Bertz CT molecular complexity index is 557. The number of hydrogen-bond donors (Lipinski definition) is 2. The van der Waals surface area contributed by atoms with E-state index in [1.165, 1.54) is 12.1 Å². The Hall–Kier alpha value is -1.02. The Morgan fingerprint density at radius 1 is 1.40 bits per heavy atom. The van der Waals surface area contributed by atoms with E-state index < -0.39 is 15.8 Å². The van der Waals surface area contributed by atoms with Gasteiger partial charge in [0.15, 0.2) is 0 Å². The molecule has 0 amide bonds. The molecule has 1 aliphatic rings. The zero-order valence-electron chi connectivity index (χ0n) is 11.1. The van der Waals surface area contributed by atoms with Crippen molar-refractivity contribution in [3.8, 4) is 0 Å². The molecule has 1 atom stereocenters. The van der Waals surface area contributed by atoms with Gasteiger partial charge in [-0.3, -0.25) is 0 Å². The van der Waals surface area contributed by atoms with E-state index >= 15 is 0 Å². The van der Waals surface area contributed by atoms with E-state index in [1.807, 2.05) is 0 Å². The standard InChI is InChI=1S/C13H19FN2O3S/c14-12-7-10(8-15)4-5-13(12)20(17,18)16-9-11-3-1-2-6-19-11/h4-5,7,11,16H,1-3,6,8-9,15H2. The van der Waals surface area contributed by atoms with Crippen molar-refractivity contribution in [2.45, 2.75) is 36.8 Å². The molecule has 1 aromatic rings. The molecule has 5 nitrogen and oxygen atoms in total. The van der Waals surface area contributed by atoms with Crippen molar-refractivity contribution in [3.05, 3.63) is 29.6 Å². The number of halogens is 1. The molecule has 0 radical (unpaired) electrons. The number of nitrogens with two attached hydrogens (primary N) is 1. The fraction of sp³-hybridized carbons (Fsp3) is 0.538. The van der Waals surface area contributed by atoms with Crippen LogP contribution in [0.2, 0.25) is 0 Å². The van der Waals surface area contributed by atoms with Crippen molar-refractivity contribution in [1.82, 2.24) is 4.72 Å². The highest BCUT2D eigenvalue weighted by molar-refractivity contribution is 7.89. The number of rotatable bonds is 5. The molecule has 0 bridgehead atoms. The number of benzene rings is 1. The zero-order valence-corrected chi connectivity index (χ0v) is 12.0. The van der Waals surface area contributed by atoms with Gasteiger partial charge < -0.3 is 10.5 Å². The molecule has 2 rings (SSSR count). The summed E-state index contributed by atoms with van der Waals surface area (Å²) in [5.41, 5.74) is 5.94. The van der Waals surface area contributed by atoms with Crippen molar-refractivity contribution >= 4 is 10.0 Å². The molecule has 112 valence electrons. The lowest BCUT2D eigenvalue weighted by Crippen LogP contribution is -2.35.